The molecule has 1 aliphatic carbocycles. The predicted molar refractivity (Wildman–Crippen MR) is 58.5 cm³/mol. The highest BCUT2D eigenvalue weighted by Gasteiger charge is 2.45. The first-order valence-electron chi connectivity index (χ1n) is 6.39. The van der Waals surface area contributed by atoms with Crippen LogP contribution in [0.2, 0.25) is 0 Å². The molecule has 2 bridgehead atoms. The topological polar surface area (TPSA) is 32.3 Å². The summed E-state index contributed by atoms with van der Waals surface area (Å²) >= 11 is 0. The van der Waals surface area contributed by atoms with Crippen LogP contribution < -0.4 is 5.32 Å². The first-order valence-corrected chi connectivity index (χ1v) is 6.39. The fraction of sp³-hybridized carbons (Fsp3) is 0.917. The highest BCUT2D eigenvalue weighted by molar-refractivity contribution is 5.80. The van der Waals surface area contributed by atoms with Crippen LogP contribution in [0.3, 0.4) is 0 Å². The fourth-order valence-corrected chi connectivity index (χ4v) is 3.40. The van der Waals surface area contributed by atoms with E-state index in [4.69, 9.17) is 0 Å². The van der Waals surface area contributed by atoms with Crippen molar-refractivity contribution in [2.75, 3.05) is 13.1 Å². The van der Waals surface area contributed by atoms with E-state index in [2.05, 4.69) is 10.2 Å². The number of amides is 1. The average Bonchev–Trinajstić information content (AvgIpc) is 2.31. The highest BCUT2D eigenvalue weighted by atomic mass is 16.2. The molecular formula is C12H20N2O. The van der Waals surface area contributed by atoms with Gasteiger partial charge in [-0.3, -0.25) is 4.79 Å². The third-order valence-corrected chi connectivity index (χ3v) is 4.30. The van der Waals surface area contributed by atoms with E-state index in [1.54, 1.807) is 0 Å². The van der Waals surface area contributed by atoms with Gasteiger partial charge >= 0.3 is 0 Å². The summed E-state index contributed by atoms with van der Waals surface area (Å²) in [5.41, 5.74) is 0. The number of piperidine rings is 1. The molecule has 1 saturated carbocycles. The Labute approximate surface area is 91.2 Å². The largest absolute Gasteiger partial charge is 0.334 e. The average molecular weight is 208 g/mol. The lowest BCUT2D eigenvalue weighted by Gasteiger charge is -2.54. The zero-order valence-electron chi connectivity index (χ0n) is 9.24. The van der Waals surface area contributed by atoms with Crippen molar-refractivity contribution in [3.63, 3.8) is 0 Å². The Balaban J connectivity index is 1.64. The van der Waals surface area contributed by atoms with Crippen LogP contribution in [0.25, 0.3) is 0 Å². The van der Waals surface area contributed by atoms with Crippen LogP contribution in [0.1, 0.15) is 38.5 Å². The first kappa shape index (κ1) is 9.64. The summed E-state index contributed by atoms with van der Waals surface area (Å²) in [6, 6.07) is 1.05. The van der Waals surface area contributed by atoms with Gasteiger partial charge in [-0.2, -0.15) is 0 Å². The number of hydrogen-bond acceptors (Lipinski definition) is 2. The predicted octanol–water partition coefficient (Wildman–Crippen LogP) is 1.14. The van der Waals surface area contributed by atoms with Gasteiger partial charge in [0, 0.05) is 31.1 Å². The Bertz CT molecular complexity index is 246. The summed E-state index contributed by atoms with van der Waals surface area (Å²) in [4.78, 5) is 14.5. The summed E-state index contributed by atoms with van der Waals surface area (Å²) in [6.07, 6.45) is 7.38. The van der Waals surface area contributed by atoms with Crippen LogP contribution in [-0.4, -0.2) is 36.0 Å². The summed E-state index contributed by atoms with van der Waals surface area (Å²) in [5, 5.41) is 3.38. The van der Waals surface area contributed by atoms with Crippen LogP contribution in [0.4, 0.5) is 0 Å². The molecule has 0 radical (unpaired) electrons. The SMILES string of the molecule is O=C(C1CCCCC1)N1C2CNCC1C2. The van der Waals surface area contributed by atoms with Gasteiger partial charge in [-0.25, -0.2) is 0 Å². The maximum absolute atomic E-state index is 12.3. The second-order valence-corrected chi connectivity index (χ2v) is 5.28. The minimum absolute atomic E-state index is 0.363. The summed E-state index contributed by atoms with van der Waals surface area (Å²) in [7, 11) is 0. The van der Waals surface area contributed by atoms with Gasteiger partial charge in [-0.1, -0.05) is 19.3 Å². The van der Waals surface area contributed by atoms with E-state index < -0.39 is 0 Å². The molecule has 0 aromatic heterocycles. The maximum Gasteiger partial charge on any atom is 0.226 e. The quantitative estimate of drug-likeness (QED) is 0.701. The molecular weight excluding hydrogens is 188 g/mol. The molecule has 15 heavy (non-hydrogen) atoms. The van der Waals surface area contributed by atoms with E-state index in [-0.39, 0.29) is 0 Å². The van der Waals surface area contributed by atoms with Gasteiger partial charge in [0.15, 0.2) is 0 Å². The van der Waals surface area contributed by atoms with Gasteiger partial charge < -0.3 is 10.2 Å². The van der Waals surface area contributed by atoms with Gasteiger partial charge in [0.2, 0.25) is 5.91 Å². The number of nitrogens with zero attached hydrogens (tertiary/aromatic N) is 1. The van der Waals surface area contributed by atoms with E-state index in [0.717, 1.165) is 25.9 Å². The number of fused-ring (bicyclic) bond motifs is 2. The summed E-state index contributed by atoms with van der Waals surface area (Å²) < 4.78 is 0. The standard InChI is InChI=1S/C12H20N2O/c15-12(9-4-2-1-3-5-9)14-10-6-11(14)8-13-7-10/h9-11,13H,1-8H2. The van der Waals surface area contributed by atoms with Crippen molar-refractivity contribution in [1.29, 1.82) is 0 Å². The lowest BCUT2D eigenvalue weighted by molar-refractivity contribution is -0.153. The Morgan fingerprint density at radius 1 is 1.07 bits per heavy atom. The number of hydrogen-bond donors (Lipinski definition) is 1. The van der Waals surface area contributed by atoms with Crippen LogP contribution in [0.15, 0.2) is 0 Å². The van der Waals surface area contributed by atoms with Gasteiger partial charge in [-0.05, 0) is 19.3 Å². The minimum atomic E-state index is 0.363. The Morgan fingerprint density at radius 2 is 1.73 bits per heavy atom. The molecule has 0 aromatic carbocycles. The molecule has 0 aromatic rings. The third-order valence-electron chi connectivity index (χ3n) is 4.30. The molecule has 1 amide bonds. The zero-order valence-corrected chi connectivity index (χ0v) is 9.24. The number of nitrogens with one attached hydrogen (secondary N) is 1. The van der Waals surface area contributed by atoms with Gasteiger partial charge in [0.25, 0.3) is 0 Å². The lowest BCUT2D eigenvalue weighted by Crippen LogP contribution is -2.70. The molecule has 3 nitrogen and oxygen atoms in total. The zero-order chi connectivity index (χ0) is 10.3. The Hall–Kier alpha value is -0.570. The molecule has 2 atom stereocenters. The molecule has 3 heteroatoms. The van der Waals surface area contributed by atoms with Crippen molar-refractivity contribution < 1.29 is 4.79 Å². The molecule has 2 aliphatic heterocycles. The first-order chi connectivity index (χ1) is 7.36. The molecule has 2 heterocycles. The Kier molecular flexibility index (Phi) is 2.43. The number of carbonyl (C=O) groups excluding carboxylic acids is 1. The van der Waals surface area contributed by atoms with Crippen molar-refractivity contribution in [2.24, 2.45) is 5.92 Å². The second-order valence-electron chi connectivity index (χ2n) is 5.28. The fourth-order valence-electron chi connectivity index (χ4n) is 3.40. The van der Waals surface area contributed by atoms with E-state index in [1.807, 2.05) is 0 Å². The Morgan fingerprint density at radius 3 is 2.33 bits per heavy atom. The minimum Gasteiger partial charge on any atom is -0.334 e. The molecule has 3 fully saturated rings. The smallest absolute Gasteiger partial charge is 0.226 e. The van der Waals surface area contributed by atoms with E-state index in [1.165, 1.54) is 25.7 Å². The maximum atomic E-state index is 12.3. The molecule has 1 N–H and O–H groups in total. The van der Waals surface area contributed by atoms with Crippen LogP contribution in [0, 0.1) is 5.92 Å². The van der Waals surface area contributed by atoms with Crippen LogP contribution >= 0.6 is 0 Å². The molecule has 2 saturated heterocycles. The summed E-state index contributed by atoms with van der Waals surface area (Å²) in [6.45, 7) is 2.05. The van der Waals surface area contributed by atoms with Crippen LogP contribution in [-0.2, 0) is 4.79 Å². The van der Waals surface area contributed by atoms with Crippen molar-refractivity contribution in [3.05, 3.63) is 0 Å². The molecule has 2 unspecified atom stereocenters. The number of rotatable bonds is 1. The van der Waals surface area contributed by atoms with Crippen LogP contribution in [0.5, 0.6) is 0 Å². The number of carbonyl (C=O) groups is 1. The highest BCUT2D eigenvalue weighted by Crippen LogP contribution is 2.33. The monoisotopic (exact) mass is 208 g/mol. The molecule has 3 aliphatic rings. The van der Waals surface area contributed by atoms with E-state index in [0.29, 0.717) is 23.9 Å². The van der Waals surface area contributed by atoms with Gasteiger partial charge in [0.1, 0.15) is 0 Å². The lowest BCUT2D eigenvalue weighted by atomic mass is 9.83. The third kappa shape index (κ3) is 1.57. The van der Waals surface area contributed by atoms with Gasteiger partial charge in [-0.15, -0.1) is 0 Å². The second kappa shape index (κ2) is 3.78. The number of piperazine rings is 1. The van der Waals surface area contributed by atoms with Gasteiger partial charge in [0.05, 0.1) is 0 Å². The normalized spacial score (nSPS) is 36.1. The molecule has 84 valence electrons. The van der Waals surface area contributed by atoms with Crippen molar-refractivity contribution in [2.45, 2.75) is 50.6 Å². The van der Waals surface area contributed by atoms with Crippen molar-refractivity contribution in [3.8, 4) is 0 Å². The summed E-state index contributed by atoms with van der Waals surface area (Å²) in [5.74, 6) is 0.833. The molecule has 3 rings (SSSR count). The van der Waals surface area contributed by atoms with E-state index >= 15 is 0 Å². The van der Waals surface area contributed by atoms with Crippen molar-refractivity contribution in [1.82, 2.24) is 10.2 Å². The molecule has 0 spiro atoms. The van der Waals surface area contributed by atoms with Crippen molar-refractivity contribution >= 4 is 5.91 Å². The van der Waals surface area contributed by atoms with E-state index in [9.17, 15) is 4.79 Å².